The van der Waals surface area contributed by atoms with Crippen LogP contribution in [0.2, 0.25) is 0 Å². The van der Waals surface area contributed by atoms with Gasteiger partial charge in [-0.25, -0.2) is 4.39 Å². The van der Waals surface area contributed by atoms with Crippen molar-refractivity contribution in [1.82, 2.24) is 5.32 Å². The van der Waals surface area contributed by atoms with Gasteiger partial charge in [0.15, 0.2) is 0 Å². The molecule has 1 rings (SSSR count). The average molecular weight is 225 g/mol. The summed E-state index contributed by atoms with van der Waals surface area (Å²) in [5, 5.41) is 3.09. The van der Waals surface area contributed by atoms with Gasteiger partial charge >= 0.3 is 0 Å². The topological polar surface area (TPSA) is 21.3 Å². The van der Waals surface area contributed by atoms with Crippen LogP contribution in [0.5, 0.6) is 5.75 Å². The summed E-state index contributed by atoms with van der Waals surface area (Å²) in [6, 6.07) is 4.73. The van der Waals surface area contributed by atoms with Crippen molar-refractivity contribution < 1.29 is 9.13 Å². The Morgan fingerprint density at radius 2 is 2.00 bits per heavy atom. The SMILES string of the molecule is CNC(C)c1cc(F)ccc1OCC(C)C. The highest BCUT2D eigenvalue weighted by Crippen LogP contribution is 2.26. The third-order valence-corrected chi connectivity index (χ3v) is 2.44. The van der Waals surface area contributed by atoms with E-state index in [1.807, 2.05) is 14.0 Å². The van der Waals surface area contributed by atoms with Crippen LogP contribution in [0.3, 0.4) is 0 Å². The van der Waals surface area contributed by atoms with Gasteiger partial charge in [-0.1, -0.05) is 13.8 Å². The number of ether oxygens (including phenoxy) is 1. The summed E-state index contributed by atoms with van der Waals surface area (Å²) in [7, 11) is 1.85. The molecule has 1 N–H and O–H groups in total. The summed E-state index contributed by atoms with van der Waals surface area (Å²) in [6.45, 7) is 6.81. The molecule has 0 heterocycles. The number of nitrogens with one attached hydrogen (secondary N) is 1. The minimum absolute atomic E-state index is 0.0814. The van der Waals surface area contributed by atoms with Gasteiger partial charge in [-0.05, 0) is 38.1 Å². The third kappa shape index (κ3) is 3.49. The molecule has 0 spiro atoms. The number of hydrogen-bond acceptors (Lipinski definition) is 2. The van der Waals surface area contributed by atoms with Crippen molar-refractivity contribution in [2.24, 2.45) is 5.92 Å². The molecular weight excluding hydrogens is 205 g/mol. The van der Waals surface area contributed by atoms with Gasteiger partial charge < -0.3 is 10.1 Å². The normalized spacial score (nSPS) is 12.9. The van der Waals surface area contributed by atoms with Crippen LogP contribution in [0.1, 0.15) is 32.4 Å². The molecule has 0 saturated heterocycles. The van der Waals surface area contributed by atoms with Crippen molar-refractivity contribution in [2.75, 3.05) is 13.7 Å². The van der Waals surface area contributed by atoms with E-state index in [2.05, 4.69) is 19.2 Å². The van der Waals surface area contributed by atoms with E-state index in [0.717, 1.165) is 11.3 Å². The summed E-state index contributed by atoms with van der Waals surface area (Å²) < 4.78 is 18.8. The highest BCUT2D eigenvalue weighted by molar-refractivity contribution is 5.36. The zero-order valence-corrected chi connectivity index (χ0v) is 10.4. The van der Waals surface area contributed by atoms with Gasteiger partial charge in [0.25, 0.3) is 0 Å². The maximum Gasteiger partial charge on any atom is 0.124 e. The first-order valence-corrected chi connectivity index (χ1v) is 5.64. The summed E-state index contributed by atoms with van der Waals surface area (Å²) in [5.74, 6) is 0.994. The molecule has 0 fully saturated rings. The van der Waals surface area contributed by atoms with Crippen LogP contribution >= 0.6 is 0 Å². The second-order valence-corrected chi connectivity index (χ2v) is 4.40. The fraction of sp³-hybridized carbons (Fsp3) is 0.538. The number of halogens is 1. The molecule has 0 aliphatic heterocycles. The molecule has 1 aromatic rings. The highest BCUT2D eigenvalue weighted by atomic mass is 19.1. The Bertz CT molecular complexity index is 339. The van der Waals surface area contributed by atoms with Crippen LogP contribution in [-0.2, 0) is 0 Å². The molecule has 0 bridgehead atoms. The maximum absolute atomic E-state index is 13.2. The van der Waals surface area contributed by atoms with E-state index in [0.29, 0.717) is 12.5 Å². The summed E-state index contributed by atoms with van der Waals surface area (Å²) in [6.07, 6.45) is 0. The van der Waals surface area contributed by atoms with Crippen molar-refractivity contribution >= 4 is 0 Å². The number of rotatable bonds is 5. The molecule has 2 nitrogen and oxygen atoms in total. The molecule has 0 radical (unpaired) electrons. The Labute approximate surface area is 96.8 Å². The van der Waals surface area contributed by atoms with Crippen LogP contribution in [-0.4, -0.2) is 13.7 Å². The predicted octanol–water partition coefficient (Wildman–Crippen LogP) is 3.14. The second kappa shape index (κ2) is 5.85. The van der Waals surface area contributed by atoms with Gasteiger partial charge in [0, 0.05) is 11.6 Å². The van der Waals surface area contributed by atoms with Crippen molar-refractivity contribution in [3.8, 4) is 5.75 Å². The first kappa shape index (κ1) is 13.0. The van der Waals surface area contributed by atoms with E-state index in [9.17, 15) is 4.39 Å². The quantitative estimate of drug-likeness (QED) is 0.831. The fourth-order valence-corrected chi connectivity index (χ4v) is 1.40. The van der Waals surface area contributed by atoms with Gasteiger partial charge in [-0.3, -0.25) is 0 Å². The van der Waals surface area contributed by atoms with Crippen LogP contribution in [0.25, 0.3) is 0 Å². The van der Waals surface area contributed by atoms with Gasteiger partial charge in [0.1, 0.15) is 11.6 Å². The molecular formula is C13H20FNO. The van der Waals surface area contributed by atoms with Crippen LogP contribution in [0.15, 0.2) is 18.2 Å². The van der Waals surface area contributed by atoms with Gasteiger partial charge in [-0.2, -0.15) is 0 Å². The van der Waals surface area contributed by atoms with Gasteiger partial charge in [0.2, 0.25) is 0 Å². The molecule has 0 aliphatic rings. The number of benzene rings is 1. The van der Waals surface area contributed by atoms with Crippen LogP contribution in [0.4, 0.5) is 4.39 Å². The third-order valence-electron chi connectivity index (χ3n) is 2.44. The van der Waals surface area contributed by atoms with E-state index in [1.165, 1.54) is 12.1 Å². The Kier molecular flexibility index (Phi) is 4.74. The first-order chi connectivity index (χ1) is 7.54. The molecule has 0 amide bonds. The van der Waals surface area contributed by atoms with E-state index in [-0.39, 0.29) is 11.9 Å². The molecule has 0 aromatic heterocycles. The lowest BCUT2D eigenvalue weighted by atomic mass is 10.1. The van der Waals surface area contributed by atoms with Crippen molar-refractivity contribution in [3.63, 3.8) is 0 Å². The van der Waals surface area contributed by atoms with Crippen LogP contribution < -0.4 is 10.1 Å². The van der Waals surface area contributed by atoms with Gasteiger partial charge in [0.05, 0.1) is 6.61 Å². The minimum Gasteiger partial charge on any atom is -0.493 e. The smallest absolute Gasteiger partial charge is 0.124 e. The van der Waals surface area contributed by atoms with Gasteiger partial charge in [-0.15, -0.1) is 0 Å². The zero-order valence-electron chi connectivity index (χ0n) is 10.4. The second-order valence-electron chi connectivity index (χ2n) is 4.40. The Hall–Kier alpha value is -1.09. The zero-order chi connectivity index (χ0) is 12.1. The average Bonchev–Trinajstić information content (AvgIpc) is 2.26. The molecule has 0 aliphatic carbocycles. The molecule has 1 atom stereocenters. The van der Waals surface area contributed by atoms with E-state index < -0.39 is 0 Å². The fourth-order valence-electron chi connectivity index (χ4n) is 1.40. The van der Waals surface area contributed by atoms with Crippen molar-refractivity contribution in [1.29, 1.82) is 0 Å². The molecule has 0 saturated carbocycles. The molecule has 90 valence electrons. The first-order valence-electron chi connectivity index (χ1n) is 5.64. The highest BCUT2D eigenvalue weighted by Gasteiger charge is 2.11. The van der Waals surface area contributed by atoms with Crippen LogP contribution in [0, 0.1) is 11.7 Å². The van der Waals surface area contributed by atoms with E-state index >= 15 is 0 Å². The summed E-state index contributed by atoms with van der Waals surface area (Å²) in [4.78, 5) is 0. The molecule has 1 unspecified atom stereocenters. The summed E-state index contributed by atoms with van der Waals surface area (Å²) in [5.41, 5.74) is 0.864. The van der Waals surface area contributed by atoms with E-state index in [1.54, 1.807) is 6.07 Å². The molecule has 1 aromatic carbocycles. The predicted molar refractivity (Wildman–Crippen MR) is 64.2 cm³/mol. The monoisotopic (exact) mass is 225 g/mol. The lowest BCUT2D eigenvalue weighted by Gasteiger charge is -2.17. The standard InChI is InChI=1S/C13H20FNO/c1-9(2)8-16-13-6-5-11(14)7-12(13)10(3)15-4/h5-7,9-10,15H,8H2,1-4H3. The van der Waals surface area contributed by atoms with Crippen molar-refractivity contribution in [3.05, 3.63) is 29.6 Å². The largest absolute Gasteiger partial charge is 0.493 e. The maximum atomic E-state index is 13.2. The molecule has 3 heteroatoms. The summed E-state index contributed by atoms with van der Waals surface area (Å²) >= 11 is 0. The Balaban J connectivity index is 2.89. The Morgan fingerprint density at radius 3 is 2.56 bits per heavy atom. The number of hydrogen-bond donors (Lipinski definition) is 1. The molecule has 16 heavy (non-hydrogen) atoms. The lowest BCUT2D eigenvalue weighted by molar-refractivity contribution is 0.266. The lowest BCUT2D eigenvalue weighted by Crippen LogP contribution is -2.15. The Morgan fingerprint density at radius 1 is 1.31 bits per heavy atom. The van der Waals surface area contributed by atoms with Crippen molar-refractivity contribution in [2.45, 2.75) is 26.8 Å². The minimum atomic E-state index is -0.228. The van der Waals surface area contributed by atoms with E-state index in [4.69, 9.17) is 4.74 Å².